The van der Waals surface area contributed by atoms with Crippen LogP contribution in [-0.2, 0) is 11.3 Å². The Morgan fingerprint density at radius 1 is 1.04 bits per heavy atom. The van der Waals surface area contributed by atoms with Gasteiger partial charge < -0.3 is 20.7 Å². The summed E-state index contributed by atoms with van der Waals surface area (Å²) in [5.41, 5.74) is 1.03. The number of methoxy groups -OCH3 is 1. The van der Waals surface area contributed by atoms with Gasteiger partial charge in [0.05, 0.1) is 7.11 Å². The summed E-state index contributed by atoms with van der Waals surface area (Å²) in [7, 11) is 1.63. The molecule has 0 aliphatic heterocycles. The third kappa shape index (κ3) is 11.2. The van der Waals surface area contributed by atoms with Crippen LogP contribution in [0.4, 0.5) is 0 Å². The largest absolute Gasteiger partial charge is 0.497 e. The zero-order valence-corrected chi connectivity index (χ0v) is 18.5. The average molecular weight is 476 g/mol. The van der Waals surface area contributed by atoms with Gasteiger partial charge in [-0.15, -0.1) is 24.0 Å². The lowest BCUT2D eigenvalue weighted by Gasteiger charge is -2.11. The van der Waals surface area contributed by atoms with Crippen LogP contribution in [0.5, 0.6) is 5.75 Å². The summed E-state index contributed by atoms with van der Waals surface area (Å²) in [6, 6.07) is 7.63. The molecule has 1 amide bonds. The predicted octanol–water partition coefficient (Wildman–Crippen LogP) is 3.06. The number of aliphatic imine (C=N–C) groups is 1. The molecule has 6 nitrogen and oxygen atoms in total. The molecule has 148 valence electrons. The quantitative estimate of drug-likeness (QED) is 0.199. The van der Waals surface area contributed by atoms with E-state index in [-0.39, 0.29) is 36.4 Å². The van der Waals surface area contributed by atoms with Crippen molar-refractivity contribution in [2.75, 3.05) is 26.7 Å². The average Bonchev–Trinajstić information content (AvgIpc) is 2.64. The van der Waals surface area contributed by atoms with E-state index in [0.717, 1.165) is 30.8 Å². The summed E-state index contributed by atoms with van der Waals surface area (Å²) in [5, 5.41) is 9.30. The fourth-order valence-corrected chi connectivity index (χ4v) is 2.25. The van der Waals surface area contributed by atoms with Crippen molar-refractivity contribution in [1.29, 1.82) is 0 Å². The van der Waals surface area contributed by atoms with Crippen LogP contribution >= 0.6 is 24.0 Å². The molecule has 0 radical (unpaired) electrons. The van der Waals surface area contributed by atoms with Gasteiger partial charge in [-0.3, -0.25) is 4.79 Å². The highest BCUT2D eigenvalue weighted by atomic mass is 127. The first-order chi connectivity index (χ1) is 12.2. The van der Waals surface area contributed by atoms with Crippen LogP contribution in [0.25, 0.3) is 0 Å². The van der Waals surface area contributed by atoms with Crippen molar-refractivity contribution in [3.63, 3.8) is 0 Å². The molecular formula is C19H33IN4O2. The Bertz CT molecular complexity index is 521. The number of unbranched alkanes of at least 4 members (excludes halogenated alkanes) is 3. The smallest absolute Gasteiger partial charge is 0.242 e. The number of nitrogens with one attached hydrogen (secondary N) is 3. The second kappa shape index (κ2) is 15.7. The number of carbonyl (C=O) groups is 1. The Balaban J connectivity index is 0.00000625. The van der Waals surface area contributed by atoms with Crippen LogP contribution in [0.2, 0.25) is 0 Å². The van der Waals surface area contributed by atoms with E-state index in [4.69, 9.17) is 4.74 Å². The number of nitrogens with zero attached hydrogens (tertiary/aromatic N) is 1. The van der Waals surface area contributed by atoms with E-state index in [1.54, 1.807) is 7.11 Å². The maximum atomic E-state index is 12.0. The molecule has 0 aliphatic rings. The van der Waals surface area contributed by atoms with Crippen molar-refractivity contribution in [2.24, 2.45) is 4.99 Å². The van der Waals surface area contributed by atoms with Gasteiger partial charge in [-0.05, 0) is 31.0 Å². The van der Waals surface area contributed by atoms with Crippen LogP contribution in [0.3, 0.4) is 0 Å². The fourth-order valence-electron chi connectivity index (χ4n) is 2.25. The van der Waals surface area contributed by atoms with Crippen LogP contribution in [-0.4, -0.2) is 38.6 Å². The molecule has 0 spiro atoms. The minimum absolute atomic E-state index is 0. The Morgan fingerprint density at radius 2 is 1.77 bits per heavy atom. The number of amides is 1. The van der Waals surface area contributed by atoms with Crippen molar-refractivity contribution in [2.45, 2.75) is 46.1 Å². The number of hydrogen-bond donors (Lipinski definition) is 3. The maximum absolute atomic E-state index is 12.0. The highest BCUT2D eigenvalue weighted by Crippen LogP contribution is 2.10. The minimum Gasteiger partial charge on any atom is -0.497 e. The summed E-state index contributed by atoms with van der Waals surface area (Å²) in [4.78, 5) is 16.3. The van der Waals surface area contributed by atoms with Crippen molar-refractivity contribution in [1.82, 2.24) is 16.0 Å². The zero-order chi connectivity index (χ0) is 18.3. The number of carbonyl (C=O) groups excluding carboxylic acids is 1. The summed E-state index contributed by atoms with van der Waals surface area (Å²) >= 11 is 0. The van der Waals surface area contributed by atoms with E-state index in [2.05, 4.69) is 27.9 Å². The molecule has 0 bridgehead atoms. The van der Waals surface area contributed by atoms with E-state index in [9.17, 15) is 4.79 Å². The van der Waals surface area contributed by atoms with Gasteiger partial charge in [0, 0.05) is 19.6 Å². The van der Waals surface area contributed by atoms with Gasteiger partial charge >= 0.3 is 0 Å². The molecule has 1 aromatic carbocycles. The Morgan fingerprint density at radius 3 is 2.38 bits per heavy atom. The standard InChI is InChI=1S/C19H32N4O2.HI/c1-4-6-7-8-13-21-19(20-5-2)23-15-18(24)22-14-16-9-11-17(25-3)12-10-16;/h9-12H,4-8,13-15H2,1-3H3,(H,22,24)(H2,20,21,23);1H. The number of ether oxygens (including phenoxy) is 1. The van der Waals surface area contributed by atoms with E-state index in [1.807, 2.05) is 31.2 Å². The second-order valence-electron chi connectivity index (χ2n) is 5.81. The number of rotatable bonds is 11. The molecule has 3 N–H and O–H groups in total. The Hall–Kier alpha value is -1.51. The lowest BCUT2D eigenvalue weighted by molar-refractivity contribution is -0.119. The van der Waals surface area contributed by atoms with Gasteiger partial charge in [0.1, 0.15) is 12.3 Å². The molecule has 0 unspecified atom stereocenters. The summed E-state index contributed by atoms with van der Waals surface area (Å²) < 4.78 is 5.12. The number of hydrogen-bond acceptors (Lipinski definition) is 3. The molecule has 0 aliphatic carbocycles. The van der Waals surface area contributed by atoms with Crippen molar-refractivity contribution in [3.05, 3.63) is 29.8 Å². The maximum Gasteiger partial charge on any atom is 0.242 e. The minimum atomic E-state index is -0.0981. The molecule has 1 rings (SSSR count). The van der Waals surface area contributed by atoms with Crippen molar-refractivity contribution < 1.29 is 9.53 Å². The van der Waals surface area contributed by atoms with Gasteiger partial charge in [-0.2, -0.15) is 0 Å². The van der Waals surface area contributed by atoms with Crippen molar-refractivity contribution >= 4 is 35.8 Å². The number of halogens is 1. The summed E-state index contributed by atoms with van der Waals surface area (Å²) in [5.74, 6) is 1.40. The van der Waals surface area contributed by atoms with E-state index in [1.165, 1.54) is 19.3 Å². The first kappa shape index (κ1) is 24.5. The normalized spacial score (nSPS) is 10.7. The topological polar surface area (TPSA) is 74.8 Å². The molecule has 26 heavy (non-hydrogen) atoms. The first-order valence-electron chi connectivity index (χ1n) is 9.11. The van der Waals surface area contributed by atoms with Gasteiger partial charge in [-0.25, -0.2) is 4.99 Å². The van der Waals surface area contributed by atoms with E-state index in [0.29, 0.717) is 12.5 Å². The monoisotopic (exact) mass is 476 g/mol. The molecule has 7 heteroatoms. The zero-order valence-electron chi connectivity index (χ0n) is 16.1. The number of benzene rings is 1. The van der Waals surface area contributed by atoms with Crippen LogP contribution in [0.15, 0.2) is 29.3 Å². The van der Waals surface area contributed by atoms with Gasteiger partial charge in [-0.1, -0.05) is 38.3 Å². The van der Waals surface area contributed by atoms with E-state index >= 15 is 0 Å². The lowest BCUT2D eigenvalue weighted by atomic mass is 10.2. The van der Waals surface area contributed by atoms with Crippen molar-refractivity contribution in [3.8, 4) is 5.75 Å². The number of guanidine groups is 1. The molecule has 0 saturated carbocycles. The molecule has 0 saturated heterocycles. The van der Waals surface area contributed by atoms with Crippen LogP contribution < -0.4 is 20.7 Å². The van der Waals surface area contributed by atoms with E-state index < -0.39 is 0 Å². The van der Waals surface area contributed by atoms with Crippen LogP contribution in [0, 0.1) is 0 Å². The second-order valence-corrected chi connectivity index (χ2v) is 5.81. The third-order valence-corrected chi connectivity index (χ3v) is 3.70. The Kier molecular flexibility index (Phi) is 14.8. The van der Waals surface area contributed by atoms with Gasteiger partial charge in [0.25, 0.3) is 0 Å². The summed E-state index contributed by atoms with van der Waals surface area (Å²) in [6.45, 7) is 6.45. The molecule has 0 heterocycles. The van der Waals surface area contributed by atoms with Gasteiger partial charge in [0.2, 0.25) is 5.91 Å². The lowest BCUT2D eigenvalue weighted by Crippen LogP contribution is -2.38. The van der Waals surface area contributed by atoms with Crippen LogP contribution in [0.1, 0.15) is 45.1 Å². The molecule has 0 aromatic heterocycles. The highest BCUT2D eigenvalue weighted by molar-refractivity contribution is 14.0. The molecule has 0 fully saturated rings. The molecule has 0 atom stereocenters. The molecular weight excluding hydrogens is 443 g/mol. The highest BCUT2D eigenvalue weighted by Gasteiger charge is 2.03. The fraction of sp³-hybridized carbons (Fsp3) is 0.579. The predicted molar refractivity (Wildman–Crippen MR) is 118 cm³/mol. The SMILES string of the molecule is CCCCCCNC(=NCC(=O)NCc1ccc(OC)cc1)NCC.I. The third-order valence-electron chi connectivity index (χ3n) is 3.70. The summed E-state index contributed by atoms with van der Waals surface area (Å²) in [6.07, 6.45) is 4.80. The van der Waals surface area contributed by atoms with Gasteiger partial charge in [0.15, 0.2) is 5.96 Å². The molecule has 1 aromatic rings. The Labute approximate surface area is 174 Å². The first-order valence-corrected chi connectivity index (χ1v) is 9.11.